The maximum Gasteiger partial charge on any atom is 4.00 e. The first-order valence-electron chi connectivity index (χ1n) is 4.41. The Morgan fingerprint density at radius 1 is 0.600 bits per heavy atom. The summed E-state index contributed by atoms with van der Waals surface area (Å²) in [4.78, 5) is 0. The molecule has 0 aromatic heterocycles. The summed E-state index contributed by atoms with van der Waals surface area (Å²) in [6, 6.07) is 0. The Morgan fingerprint density at radius 3 is 0.733 bits per heavy atom. The maximum absolute atomic E-state index is 10.0. The molecule has 0 bridgehead atoms. The molecule has 6 nitrogen and oxygen atoms in total. The van der Waals surface area contributed by atoms with Crippen molar-refractivity contribution in [2.75, 3.05) is 0 Å². The van der Waals surface area contributed by atoms with Crippen molar-refractivity contribution in [2.45, 2.75) is 52.6 Å². The van der Waals surface area contributed by atoms with Crippen LogP contribution in [0.2, 0.25) is 0 Å². The first-order valence-corrected chi connectivity index (χ1v) is 4.41. The standard InChI is InChI=1S/2C4H9NO2.Ti/c2*1-3(6)5-4(2)7;/h2*3-5H,1-2H3;/q2*-2;+4. The Labute approximate surface area is 106 Å². The number of hydrogen-bond acceptors (Lipinski definition) is 6. The fourth-order valence-corrected chi connectivity index (χ4v) is 0.661. The SMILES string of the molecule is CC([O-])NC(C)[O-].CC([O-])NC(C)[O-].[Ti+4]. The van der Waals surface area contributed by atoms with E-state index in [9.17, 15) is 20.4 Å². The van der Waals surface area contributed by atoms with Crippen molar-refractivity contribution < 1.29 is 42.1 Å². The van der Waals surface area contributed by atoms with E-state index in [2.05, 4.69) is 10.6 Å². The normalized spacial score (nSPS) is 17.6. The molecule has 4 unspecified atom stereocenters. The van der Waals surface area contributed by atoms with Crippen molar-refractivity contribution in [3.05, 3.63) is 0 Å². The summed E-state index contributed by atoms with van der Waals surface area (Å²) in [7, 11) is 0. The molecule has 15 heavy (non-hydrogen) atoms. The average molecular weight is 254 g/mol. The van der Waals surface area contributed by atoms with Crippen LogP contribution in [0.3, 0.4) is 0 Å². The van der Waals surface area contributed by atoms with Gasteiger partial charge in [-0.2, -0.15) is 0 Å². The van der Waals surface area contributed by atoms with Crippen molar-refractivity contribution in [1.82, 2.24) is 10.6 Å². The van der Waals surface area contributed by atoms with Crippen LogP contribution in [0.1, 0.15) is 27.7 Å². The number of nitrogens with one attached hydrogen (secondary N) is 2. The molecule has 88 valence electrons. The van der Waals surface area contributed by atoms with Crippen LogP contribution in [0.5, 0.6) is 0 Å². The van der Waals surface area contributed by atoms with Crippen LogP contribution in [-0.2, 0) is 21.7 Å². The largest absolute Gasteiger partial charge is 4.00 e. The molecule has 0 aromatic rings. The summed E-state index contributed by atoms with van der Waals surface area (Å²) in [6.07, 6.45) is -3.75. The van der Waals surface area contributed by atoms with Crippen molar-refractivity contribution in [3.63, 3.8) is 0 Å². The van der Waals surface area contributed by atoms with Crippen LogP contribution in [0.4, 0.5) is 0 Å². The third-order valence-corrected chi connectivity index (χ3v) is 0.939. The molecule has 0 aliphatic carbocycles. The van der Waals surface area contributed by atoms with Gasteiger partial charge in [-0.15, -0.1) is 0 Å². The van der Waals surface area contributed by atoms with Gasteiger partial charge in [-0.1, -0.05) is 52.6 Å². The number of hydrogen-bond donors (Lipinski definition) is 2. The van der Waals surface area contributed by atoms with Crippen molar-refractivity contribution in [3.8, 4) is 0 Å². The zero-order valence-electron chi connectivity index (χ0n) is 9.44. The molecule has 4 atom stereocenters. The monoisotopic (exact) mass is 254 g/mol. The third kappa shape index (κ3) is 31.4. The molecular weight excluding hydrogens is 236 g/mol. The molecule has 2 N–H and O–H groups in total. The van der Waals surface area contributed by atoms with E-state index in [0.717, 1.165) is 0 Å². The van der Waals surface area contributed by atoms with Gasteiger partial charge in [0.2, 0.25) is 0 Å². The molecule has 7 heteroatoms. The van der Waals surface area contributed by atoms with Crippen LogP contribution < -0.4 is 31.1 Å². The predicted octanol–water partition coefficient (Wildman–Crippen LogP) is -4.03. The summed E-state index contributed by atoms with van der Waals surface area (Å²) in [5.41, 5.74) is 0. The van der Waals surface area contributed by atoms with E-state index in [0.29, 0.717) is 0 Å². The van der Waals surface area contributed by atoms with E-state index < -0.39 is 24.9 Å². The molecule has 0 amide bonds. The third-order valence-electron chi connectivity index (χ3n) is 0.939. The molecule has 0 radical (unpaired) electrons. The Kier molecular flexibility index (Phi) is 17.4. The van der Waals surface area contributed by atoms with Crippen LogP contribution in [0, 0.1) is 0 Å². The molecule has 0 aromatic carbocycles. The Hall–Kier alpha value is 0.474. The zero-order chi connectivity index (χ0) is 11.7. The minimum Gasteiger partial charge on any atom is -0.841 e. The second kappa shape index (κ2) is 12.5. The second-order valence-corrected chi connectivity index (χ2v) is 2.90. The van der Waals surface area contributed by atoms with E-state index in [1.807, 2.05) is 0 Å². The molecule has 0 spiro atoms. The van der Waals surface area contributed by atoms with Gasteiger partial charge >= 0.3 is 21.7 Å². The maximum atomic E-state index is 10.0. The fourth-order valence-electron chi connectivity index (χ4n) is 0.661. The Morgan fingerprint density at radius 2 is 0.733 bits per heavy atom. The van der Waals surface area contributed by atoms with E-state index in [1.165, 1.54) is 27.7 Å². The summed E-state index contributed by atoms with van der Waals surface area (Å²) in [5, 5.41) is 44.5. The van der Waals surface area contributed by atoms with Gasteiger partial charge in [0.15, 0.2) is 0 Å². The Balaban J connectivity index is -0.000000180. The number of rotatable bonds is 4. The zero-order valence-corrected chi connectivity index (χ0v) is 11.0. The molecule has 0 aliphatic rings. The van der Waals surface area contributed by atoms with Gasteiger partial charge in [0.1, 0.15) is 0 Å². The van der Waals surface area contributed by atoms with Gasteiger partial charge in [0, 0.05) is 0 Å². The molecule has 0 aliphatic heterocycles. The molecule has 0 rings (SSSR count). The molecule has 0 fully saturated rings. The molecule has 0 heterocycles. The van der Waals surface area contributed by atoms with E-state index in [4.69, 9.17) is 0 Å². The van der Waals surface area contributed by atoms with Gasteiger partial charge in [0.05, 0.1) is 0 Å². The van der Waals surface area contributed by atoms with Crippen molar-refractivity contribution in [1.29, 1.82) is 0 Å². The Bertz CT molecular complexity index is 97.2. The topological polar surface area (TPSA) is 116 Å². The summed E-state index contributed by atoms with van der Waals surface area (Å²) in [6.45, 7) is 5.59. The van der Waals surface area contributed by atoms with E-state index >= 15 is 0 Å². The van der Waals surface area contributed by atoms with Gasteiger partial charge in [-0.05, 0) is 0 Å². The summed E-state index contributed by atoms with van der Waals surface area (Å²) in [5.74, 6) is 0. The first kappa shape index (κ1) is 20.8. The molecular formula is C8H18N2O4Ti. The van der Waals surface area contributed by atoms with Crippen molar-refractivity contribution >= 4 is 0 Å². The van der Waals surface area contributed by atoms with Gasteiger partial charge in [-0.25, -0.2) is 0 Å². The minimum atomic E-state index is -0.938. The van der Waals surface area contributed by atoms with E-state index in [1.54, 1.807) is 0 Å². The molecule has 0 saturated heterocycles. The smallest absolute Gasteiger partial charge is 0.841 e. The summed E-state index contributed by atoms with van der Waals surface area (Å²) < 4.78 is 0. The quantitative estimate of drug-likeness (QED) is 0.390. The first-order chi connectivity index (χ1) is 6.25. The van der Waals surface area contributed by atoms with Gasteiger partial charge in [-0.3, -0.25) is 0 Å². The molecule has 0 saturated carbocycles. The van der Waals surface area contributed by atoms with Crippen LogP contribution >= 0.6 is 0 Å². The van der Waals surface area contributed by atoms with E-state index in [-0.39, 0.29) is 21.7 Å². The predicted molar refractivity (Wildman–Crippen MR) is 44.1 cm³/mol. The second-order valence-electron chi connectivity index (χ2n) is 2.90. The minimum absolute atomic E-state index is 0. The van der Waals surface area contributed by atoms with Crippen LogP contribution in [0.15, 0.2) is 0 Å². The summed E-state index contributed by atoms with van der Waals surface area (Å²) >= 11 is 0. The fraction of sp³-hybridized carbons (Fsp3) is 1.00. The van der Waals surface area contributed by atoms with Gasteiger partial charge < -0.3 is 31.1 Å². The van der Waals surface area contributed by atoms with Crippen LogP contribution in [-0.4, -0.2) is 24.9 Å². The van der Waals surface area contributed by atoms with Gasteiger partial charge in [0.25, 0.3) is 0 Å². The average Bonchev–Trinajstić information content (AvgIpc) is 1.79. The van der Waals surface area contributed by atoms with Crippen LogP contribution in [0.25, 0.3) is 0 Å². The van der Waals surface area contributed by atoms with Crippen molar-refractivity contribution in [2.24, 2.45) is 0 Å².